The molecule has 158 valence electrons. The van der Waals surface area contributed by atoms with Gasteiger partial charge in [-0.05, 0) is 31.0 Å². The summed E-state index contributed by atoms with van der Waals surface area (Å²) in [6.07, 6.45) is 5.73. The second kappa shape index (κ2) is 12.5. The third-order valence-electron chi connectivity index (χ3n) is 5.19. The topological polar surface area (TPSA) is 44.8 Å². The van der Waals surface area contributed by atoms with E-state index in [-0.39, 0.29) is 17.1 Å². The highest BCUT2D eigenvalue weighted by Crippen LogP contribution is 2.37. The molecule has 0 aliphatic carbocycles. The Kier molecular flexibility index (Phi) is 12.0. The van der Waals surface area contributed by atoms with Crippen LogP contribution in [0.4, 0.5) is 4.79 Å². The molecule has 0 amide bonds. The van der Waals surface area contributed by atoms with Crippen molar-refractivity contribution in [1.29, 1.82) is 0 Å². The van der Waals surface area contributed by atoms with E-state index in [1.165, 1.54) is 32.8 Å². The number of rotatable bonds is 10. The van der Waals surface area contributed by atoms with Gasteiger partial charge in [-0.3, -0.25) is 0 Å². The van der Waals surface area contributed by atoms with Crippen LogP contribution in [-0.2, 0) is 13.9 Å². The quantitative estimate of drug-likeness (QED) is 0.181. The van der Waals surface area contributed by atoms with Gasteiger partial charge in [-0.2, -0.15) is 0 Å². The second-order valence-electron chi connectivity index (χ2n) is 9.09. The Morgan fingerprint density at radius 2 is 1.63 bits per heavy atom. The fraction of sp³-hybridized carbons (Fsp3) is 0.864. The highest BCUT2D eigenvalue weighted by atomic mass is 28.4. The first-order valence-corrected chi connectivity index (χ1v) is 13.3. The van der Waals surface area contributed by atoms with Crippen molar-refractivity contribution < 1.29 is 18.7 Å². The molecular weight excluding hydrogens is 356 g/mol. The van der Waals surface area contributed by atoms with E-state index in [4.69, 9.17) is 9.16 Å². The zero-order valence-electron chi connectivity index (χ0n) is 19.1. The molecule has 27 heavy (non-hydrogen) atoms. The van der Waals surface area contributed by atoms with Crippen molar-refractivity contribution in [2.45, 2.75) is 110 Å². The molecule has 0 radical (unpaired) electrons. The van der Waals surface area contributed by atoms with Gasteiger partial charge in [-0.15, -0.1) is 0 Å². The van der Waals surface area contributed by atoms with Crippen LogP contribution < -0.4 is 0 Å². The maximum Gasteiger partial charge on any atom is 0.509 e. The van der Waals surface area contributed by atoms with Gasteiger partial charge in [0.2, 0.25) is 0 Å². The average molecular weight is 399 g/mol. The van der Waals surface area contributed by atoms with Gasteiger partial charge in [0.1, 0.15) is 6.10 Å². The Morgan fingerprint density at radius 1 is 1.04 bits per heavy atom. The van der Waals surface area contributed by atoms with Gasteiger partial charge in [0, 0.05) is 5.92 Å². The monoisotopic (exact) mass is 398 g/mol. The Labute approximate surface area is 168 Å². The van der Waals surface area contributed by atoms with E-state index in [0.717, 1.165) is 12.8 Å². The molecule has 2 atom stereocenters. The number of carbonyl (C=O) groups is 1. The van der Waals surface area contributed by atoms with Crippen LogP contribution in [0, 0.1) is 17.8 Å². The minimum absolute atomic E-state index is 0.0923. The number of ether oxygens (including phenoxy) is 2. The number of unbranched alkanes of at least 4 members (excludes halogenated alkanes) is 4. The normalized spacial score (nSPS) is 14.3. The Hall–Kier alpha value is -0.993. The molecule has 0 aliphatic heterocycles. The zero-order chi connectivity index (χ0) is 21.1. The lowest BCUT2D eigenvalue weighted by Gasteiger charge is -2.38. The first-order valence-electron chi connectivity index (χ1n) is 10.4. The molecule has 0 aromatic rings. The number of methoxy groups -OCH3 is 1. The average Bonchev–Trinajstić information content (AvgIpc) is 2.56. The van der Waals surface area contributed by atoms with Crippen LogP contribution in [0.15, 0.2) is 0 Å². The lowest BCUT2D eigenvalue weighted by molar-refractivity contribution is 0.0412. The molecule has 0 saturated heterocycles. The molecule has 0 aromatic carbocycles. The van der Waals surface area contributed by atoms with E-state index in [1.54, 1.807) is 0 Å². The molecule has 0 N–H and O–H groups in total. The fourth-order valence-electron chi connectivity index (χ4n) is 2.29. The van der Waals surface area contributed by atoms with Gasteiger partial charge in [0.25, 0.3) is 0 Å². The first kappa shape index (κ1) is 26.0. The zero-order valence-corrected chi connectivity index (χ0v) is 20.1. The van der Waals surface area contributed by atoms with Gasteiger partial charge in [0.15, 0.2) is 14.4 Å². The standard InChI is InChI=1S/C22H42O4Si/c1-10-11-12-13-14-15-19(26-27(8,9)22(4,5)6)16-17-20(18(2)3)25-21(23)24-7/h18-20H,10-15H2,1-9H3. The summed E-state index contributed by atoms with van der Waals surface area (Å²) in [4.78, 5) is 11.5. The van der Waals surface area contributed by atoms with Crippen molar-refractivity contribution in [3.8, 4) is 11.8 Å². The summed E-state index contributed by atoms with van der Waals surface area (Å²) in [7, 11) is -0.604. The summed E-state index contributed by atoms with van der Waals surface area (Å²) in [5, 5.41) is 0.134. The summed E-state index contributed by atoms with van der Waals surface area (Å²) in [5.74, 6) is 6.51. The second-order valence-corrected chi connectivity index (χ2v) is 13.9. The third-order valence-corrected chi connectivity index (χ3v) is 9.68. The molecule has 0 aliphatic rings. The van der Waals surface area contributed by atoms with Crippen molar-refractivity contribution in [3.63, 3.8) is 0 Å². The molecule has 0 rings (SSSR count). The summed E-state index contributed by atoms with van der Waals surface area (Å²) in [6.45, 7) is 17.4. The molecule has 4 nitrogen and oxygen atoms in total. The Balaban J connectivity index is 5.19. The van der Waals surface area contributed by atoms with E-state index in [0.29, 0.717) is 0 Å². The predicted molar refractivity (Wildman–Crippen MR) is 115 cm³/mol. The molecule has 0 spiro atoms. The third kappa shape index (κ3) is 10.8. The van der Waals surface area contributed by atoms with Crippen molar-refractivity contribution >= 4 is 14.5 Å². The van der Waals surface area contributed by atoms with Crippen LogP contribution >= 0.6 is 0 Å². The SMILES string of the molecule is CCCCCCCC(C#CC(OC(=O)OC)C(C)C)O[Si](C)(C)C(C)(C)C. The van der Waals surface area contributed by atoms with Gasteiger partial charge in [0.05, 0.1) is 7.11 Å². The summed E-state index contributed by atoms with van der Waals surface area (Å²) in [6, 6.07) is 0. The van der Waals surface area contributed by atoms with Gasteiger partial charge < -0.3 is 13.9 Å². The molecule has 2 unspecified atom stereocenters. The number of carbonyl (C=O) groups excluding carboxylic acids is 1. The lowest BCUT2D eigenvalue weighted by Crippen LogP contribution is -2.43. The van der Waals surface area contributed by atoms with E-state index in [2.05, 4.69) is 57.4 Å². The first-order chi connectivity index (χ1) is 12.4. The minimum atomic E-state index is -1.92. The van der Waals surface area contributed by atoms with Gasteiger partial charge in [-0.1, -0.05) is 79.1 Å². The Bertz CT molecular complexity index is 483. The summed E-state index contributed by atoms with van der Waals surface area (Å²) >= 11 is 0. The summed E-state index contributed by atoms with van der Waals surface area (Å²) in [5.41, 5.74) is 0. The molecular formula is C22H42O4Si. The molecule has 0 saturated carbocycles. The highest BCUT2D eigenvalue weighted by Gasteiger charge is 2.38. The minimum Gasteiger partial charge on any atom is -0.438 e. The molecule has 5 heteroatoms. The molecule has 0 bridgehead atoms. The van der Waals surface area contributed by atoms with E-state index >= 15 is 0 Å². The molecule has 0 heterocycles. The van der Waals surface area contributed by atoms with Crippen LogP contribution in [0.2, 0.25) is 18.1 Å². The van der Waals surface area contributed by atoms with Gasteiger partial charge >= 0.3 is 6.16 Å². The van der Waals surface area contributed by atoms with E-state index in [9.17, 15) is 4.79 Å². The van der Waals surface area contributed by atoms with Crippen LogP contribution in [0.1, 0.15) is 80.1 Å². The molecule has 0 aromatic heterocycles. The maximum absolute atomic E-state index is 11.5. The number of hydrogen-bond donors (Lipinski definition) is 0. The predicted octanol–water partition coefficient (Wildman–Crippen LogP) is 6.55. The summed E-state index contributed by atoms with van der Waals surface area (Å²) < 4.78 is 16.5. The van der Waals surface area contributed by atoms with E-state index < -0.39 is 20.6 Å². The smallest absolute Gasteiger partial charge is 0.438 e. The highest BCUT2D eigenvalue weighted by molar-refractivity contribution is 6.74. The Morgan fingerprint density at radius 3 is 2.11 bits per heavy atom. The van der Waals surface area contributed by atoms with Crippen LogP contribution in [0.3, 0.4) is 0 Å². The largest absolute Gasteiger partial charge is 0.509 e. The van der Waals surface area contributed by atoms with Crippen molar-refractivity contribution in [3.05, 3.63) is 0 Å². The van der Waals surface area contributed by atoms with Crippen molar-refractivity contribution in [2.75, 3.05) is 7.11 Å². The van der Waals surface area contributed by atoms with E-state index in [1.807, 2.05) is 13.8 Å². The van der Waals surface area contributed by atoms with Crippen LogP contribution in [0.25, 0.3) is 0 Å². The number of hydrogen-bond acceptors (Lipinski definition) is 4. The van der Waals surface area contributed by atoms with Crippen molar-refractivity contribution in [2.24, 2.45) is 5.92 Å². The van der Waals surface area contributed by atoms with Crippen LogP contribution in [-0.4, -0.2) is 33.8 Å². The van der Waals surface area contributed by atoms with Gasteiger partial charge in [-0.25, -0.2) is 4.79 Å². The van der Waals surface area contributed by atoms with Crippen LogP contribution in [0.5, 0.6) is 0 Å². The fourth-order valence-corrected chi connectivity index (χ4v) is 3.53. The lowest BCUT2D eigenvalue weighted by atomic mass is 10.1. The maximum atomic E-state index is 11.5. The van der Waals surface area contributed by atoms with Crippen molar-refractivity contribution in [1.82, 2.24) is 0 Å². The molecule has 0 fully saturated rings.